The molecule has 0 saturated heterocycles. The highest BCUT2D eigenvalue weighted by molar-refractivity contribution is 6.33. The molecule has 1 aromatic carbocycles. The van der Waals surface area contributed by atoms with Crippen molar-refractivity contribution >= 4 is 28.3 Å². The summed E-state index contributed by atoms with van der Waals surface area (Å²) in [4.78, 5) is 0. The van der Waals surface area contributed by atoms with E-state index in [0.29, 0.717) is 16.3 Å². The second-order valence-corrected chi connectivity index (χ2v) is 2.64. The number of hydrogen-bond acceptors (Lipinski definition) is 3. The minimum atomic E-state index is 0.495. The molecule has 0 amide bonds. The van der Waals surface area contributed by atoms with Gasteiger partial charge in [0.2, 0.25) is 0 Å². The molecule has 0 radical (unpaired) electrons. The first kappa shape index (κ1) is 6.49. The molecule has 0 bridgehead atoms. The van der Waals surface area contributed by atoms with Crippen LogP contribution in [0.15, 0.2) is 22.9 Å². The fraction of sp³-hybridized carbons (Fsp3) is 0. The van der Waals surface area contributed by atoms with Gasteiger partial charge in [-0.1, -0.05) is 16.8 Å². The zero-order valence-corrected chi connectivity index (χ0v) is 6.30. The highest BCUT2D eigenvalue weighted by atomic mass is 35.5. The van der Waals surface area contributed by atoms with Gasteiger partial charge in [-0.15, -0.1) is 0 Å². The van der Waals surface area contributed by atoms with Crippen molar-refractivity contribution in [3.05, 3.63) is 23.4 Å². The molecule has 0 spiro atoms. The van der Waals surface area contributed by atoms with Crippen LogP contribution in [0.1, 0.15) is 0 Å². The number of benzene rings is 1. The average molecular weight is 169 g/mol. The Kier molecular flexibility index (Phi) is 1.26. The molecule has 1 aromatic heterocycles. The molecule has 2 rings (SSSR count). The molecule has 11 heavy (non-hydrogen) atoms. The molecule has 0 aliphatic heterocycles. The Morgan fingerprint density at radius 2 is 2.27 bits per heavy atom. The van der Waals surface area contributed by atoms with Gasteiger partial charge in [0.15, 0.2) is 5.58 Å². The van der Waals surface area contributed by atoms with Crippen molar-refractivity contribution in [2.75, 3.05) is 5.73 Å². The van der Waals surface area contributed by atoms with Crippen LogP contribution in [0.3, 0.4) is 0 Å². The van der Waals surface area contributed by atoms with Crippen LogP contribution in [-0.2, 0) is 0 Å². The first-order valence-electron chi connectivity index (χ1n) is 3.07. The van der Waals surface area contributed by atoms with Gasteiger partial charge >= 0.3 is 0 Å². The first-order valence-corrected chi connectivity index (χ1v) is 3.44. The topological polar surface area (TPSA) is 52.0 Å². The van der Waals surface area contributed by atoms with Crippen molar-refractivity contribution < 1.29 is 4.52 Å². The van der Waals surface area contributed by atoms with Gasteiger partial charge in [-0.05, 0) is 6.07 Å². The van der Waals surface area contributed by atoms with Crippen LogP contribution in [0.25, 0.3) is 11.0 Å². The van der Waals surface area contributed by atoms with Crippen LogP contribution in [0.4, 0.5) is 5.69 Å². The highest BCUT2D eigenvalue weighted by Gasteiger charge is 2.02. The summed E-state index contributed by atoms with van der Waals surface area (Å²) in [6, 6.07) is 3.38. The van der Waals surface area contributed by atoms with Crippen LogP contribution in [0.2, 0.25) is 5.02 Å². The predicted molar refractivity (Wildman–Crippen MR) is 43.4 cm³/mol. The van der Waals surface area contributed by atoms with E-state index in [1.165, 1.54) is 0 Å². The van der Waals surface area contributed by atoms with Crippen LogP contribution < -0.4 is 5.73 Å². The lowest BCUT2D eigenvalue weighted by Crippen LogP contribution is -1.84. The maximum absolute atomic E-state index is 5.73. The van der Waals surface area contributed by atoms with Crippen LogP contribution in [-0.4, -0.2) is 5.16 Å². The summed E-state index contributed by atoms with van der Waals surface area (Å²) >= 11 is 5.73. The zero-order chi connectivity index (χ0) is 7.84. The Balaban J connectivity index is 2.86. The molecule has 0 atom stereocenters. The number of rotatable bonds is 0. The van der Waals surface area contributed by atoms with Gasteiger partial charge in [0, 0.05) is 11.5 Å². The highest BCUT2D eigenvalue weighted by Crippen LogP contribution is 2.25. The molecular formula is C7H5ClN2O. The number of anilines is 1. The fourth-order valence-corrected chi connectivity index (χ4v) is 1.06. The second kappa shape index (κ2) is 2.13. The molecule has 0 aliphatic rings. The molecule has 0 saturated carbocycles. The van der Waals surface area contributed by atoms with Crippen LogP contribution in [0, 0.1) is 0 Å². The maximum Gasteiger partial charge on any atom is 0.168 e. The minimum absolute atomic E-state index is 0.495. The molecular weight excluding hydrogens is 164 g/mol. The smallest absolute Gasteiger partial charge is 0.168 e. The Hall–Kier alpha value is -1.22. The Morgan fingerprint density at radius 3 is 3.09 bits per heavy atom. The molecule has 56 valence electrons. The molecule has 3 nitrogen and oxygen atoms in total. The Morgan fingerprint density at radius 1 is 1.45 bits per heavy atom. The molecule has 4 heteroatoms. The number of nitrogens with two attached hydrogens (primary N) is 1. The number of aromatic nitrogens is 1. The Labute approximate surface area is 67.7 Å². The van der Waals surface area contributed by atoms with Gasteiger partial charge in [-0.25, -0.2) is 0 Å². The van der Waals surface area contributed by atoms with Gasteiger partial charge in [0.1, 0.15) is 0 Å². The average Bonchev–Trinajstić information content (AvgIpc) is 2.36. The Bertz CT molecular complexity index is 360. The van der Waals surface area contributed by atoms with Gasteiger partial charge in [-0.3, -0.25) is 0 Å². The quantitative estimate of drug-likeness (QED) is 0.613. The molecule has 2 aromatic rings. The third-order valence-electron chi connectivity index (χ3n) is 1.47. The zero-order valence-electron chi connectivity index (χ0n) is 5.54. The van der Waals surface area contributed by atoms with E-state index in [-0.39, 0.29) is 0 Å². The third-order valence-corrected chi connectivity index (χ3v) is 1.80. The van der Waals surface area contributed by atoms with E-state index in [0.717, 1.165) is 5.39 Å². The third kappa shape index (κ3) is 0.935. The van der Waals surface area contributed by atoms with E-state index < -0.39 is 0 Å². The van der Waals surface area contributed by atoms with Crippen LogP contribution in [0.5, 0.6) is 0 Å². The second-order valence-electron chi connectivity index (χ2n) is 2.24. The van der Waals surface area contributed by atoms with Crippen molar-refractivity contribution in [3.63, 3.8) is 0 Å². The lowest BCUT2D eigenvalue weighted by Gasteiger charge is -1.94. The summed E-state index contributed by atoms with van der Waals surface area (Å²) in [5, 5.41) is 4.96. The van der Waals surface area contributed by atoms with Crippen molar-refractivity contribution in [1.82, 2.24) is 5.16 Å². The number of nitrogens with zero attached hydrogens (tertiary/aromatic N) is 1. The van der Waals surface area contributed by atoms with Crippen molar-refractivity contribution in [2.24, 2.45) is 0 Å². The fourth-order valence-electron chi connectivity index (χ4n) is 0.909. The number of fused-ring (bicyclic) bond motifs is 1. The van der Waals surface area contributed by atoms with Crippen LogP contribution >= 0.6 is 11.6 Å². The SMILES string of the molecule is Nc1cc2cnoc2cc1Cl. The monoisotopic (exact) mass is 168 g/mol. The van der Waals surface area contributed by atoms with Crippen molar-refractivity contribution in [1.29, 1.82) is 0 Å². The molecule has 2 N–H and O–H groups in total. The predicted octanol–water partition coefficient (Wildman–Crippen LogP) is 2.06. The number of hydrogen-bond donors (Lipinski definition) is 1. The van der Waals surface area contributed by atoms with E-state index >= 15 is 0 Å². The van der Waals surface area contributed by atoms with Crippen molar-refractivity contribution in [2.45, 2.75) is 0 Å². The summed E-state index contributed by atoms with van der Waals surface area (Å²) < 4.78 is 4.86. The summed E-state index contributed by atoms with van der Waals surface area (Å²) in [7, 11) is 0. The first-order chi connectivity index (χ1) is 5.27. The van der Waals surface area contributed by atoms with E-state index in [9.17, 15) is 0 Å². The normalized spacial score (nSPS) is 10.6. The van der Waals surface area contributed by atoms with Gasteiger partial charge in [0.05, 0.1) is 16.9 Å². The summed E-state index contributed by atoms with van der Waals surface area (Å²) in [6.07, 6.45) is 1.60. The van der Waals surface area contributed by atoms with Gasteiger partial charge < -0.3 is 10.3 Å². The minimum Gasteiger partial charge on any atom is -0.398 e. The van der Waals surface area contributed by atoms with Crippen molar-refractivity contribution in [3.8, 4) is 0 Å². The molecule has 0 unspecified atom stereocenters. The van der Waals surface area contributed by atoms with E-state index in [1.54, 1.807) is 18.3 Å². The molecule has 0 aliphatic carbocycles. The summed E-state index contributed by atoms with van der Waals surface area (Å²) in [5.74, 6) is 0. The maximum atomic E-state index is 5.73. The standard InChI is InChI=1S/C7H5ClN2O/c8-5-2-7-4(1-6(5)9)3-10-11-7/h1-3H,9H2. The number of nitrogen functional groups attached to an aromatic ring is 1. The summed E-state index contributed by atoms with van der Waals surface area (Å²) in [5.41, 5.74) is 6.74. The molecule has 1 heterocycles. The summed E-state index contributed by atoms with van der Waals surface area (Å²) in [6.45, 7) is 0. The lowest BCUT2D eigenvalue weighted by atomic mass is 10.2. The van der Waals surface area contributed by atoms with E-state index in [2.05, 4.69) is 5.16 Å². The molecule has 0 fully saturated rings. The largest absolute Gasteiger partial charge is 0.398 e. The number of halogens is 1. The van der Waals surface area contributed by atoms with E-state index in [4.69, 9.17) is 21.9 Å². The van der Waals surface area contributed by atoms with Gasteiger partial charge in [0.25, 0.3) is 0 Å². The lowest BCUT2D eigenvalue weighted by molar-refractivity contribution is 0.456. The van der Waals surface area contributed by atoms with Gasteiger partial charge in [-0.2, -0.15) is 0 Å². The van der Waals surface area contributed by atoms with E-state index in [1.807, 2.05) is 0 Å².